The highest BCUT2D eigenvalue weighted by molar-refractivity contribution is 6.42. The summed E-state index contributed by atoms with van der Waals surface area (Å²) in [6, 6.07) is 11.3. The Labute approximate surface area is 146 Å². The van der Waals surface area contributed by atoms with Crippen LogP contribution >= 0.6 is 23.2 Å². The predicted molar refractivity (Wildman–Crippen MR) is 90.4 cm³/mol. The van der Waals surface area contributed by atoms with E-state index >= 15 is 0 Å². The molecule has 24 heavy (non-hydrogen) atoms. The first kappa shape index (κ1) is 15.1. The molecular weight excluding hydrogens is 352 g/mol. The third-order valence-corrected chi connectivity index (χ3v) is 4.51. The molecule has 120 valence electrons. The van der Waals surface area contributed by atoms with Crippen LogP contribution in [0, 0.1) is 5.82 Å². The maximum atomic E-state index is 13.2. The number of hydrogen-bond acceptors (Lipinski definition) is 4. The fraction of sp³-hybridized carbons (Fsp3) is 0.0625. The Hall–Kier alpha value is -2.44. The Kier molecular flexibility index (Phi) is 3.70. The van der Waals surface area contributed by atoms with Gasteiger partial charge in [0.05, 0.1) is 10.0 Å². The van der Waals surface area contributed by atoms with Gasteiger partial charge in [0.15, 0.2) is 0 Å². The highest BCUT2D eigenvalue weighted by atomic mass is 35.5. The lowest BCUT2D eigenvalue weighted by molar-refractivity contribution is 0.586. The molecule has 0 amide bonds. The van der Waals surface area contributed by atoms with Gasteiger partial charge < -0.3 is 5.32 Å². The second kappa shape index (κ2) is 5.89. The molecule has 1 unspecified atom stereocenters. The van der Waals surface area contributed by atoms with E-state index in [2.05, 4.69) is 20.8 Å². The van der Waals surface area contributed by atoms with Gasteiger partial charge in [-0.1, -0.05) is 34.4 Å². The van der Waals surface area contributed by atoms with Gasteiger partial charge in [0.2, 0.25) is 5.95 Å². The molecule has 1 N–H and O–H groups in total. The fourth-order valence-electron chi connectivity index (χ4n) is 2.59. The van der Waals surface area contributed by atoms with Crippen LogP contribution in [0.3, 0.4) is 0 Å². The first-order chi connectivity index (χ1) is 11.6. The average Bonchev–Trinajstić information content (AvgIpc) is 3.06. The van der Waals surface area contributed by atoms with E-state index in [4.69, 9.17) is 23.2 Å². The number of allylic oxidation sites excluding steroid dienone is 1. The molecule has 5 nitrogen and oxygen atoms in total. The van der Waals surface area contributed by atoms with Crippen molar-refractivity contribution in [3.8, 4) is 0 Å². The molecule has 2 heterocycles. The number of fused-ring (bicyclic) bond motifs is 1. The van der Waals surface area contributed by atoms with E-state index in [1.165, 1.54) is 12.1 Å². The highest BCUT2D eigenvalue weighted by Crippen LogP contribution is 2.34. The van der Waals surface area contributed by atoms with Gasteiger partial charge in [-0.05, 0) is 64.0 Å². The second-order valence-electron chi connectivity index (χ2n) is 5.28. The predicted octanol–water partition coefficient (Wildman–Crippen LogP) is 4.18. The van der Waals surface area contributed by atoms with Crippen molar-refractivity contribution < 1.29 is 4.39 Å². The summed E-state index contributed by atoms with van der Waals surface area (Å²) in [6.07, 6.45) is 1.95. The summed E-state index contributed by atoms with van der Waals surface area (Å²) in [4.78, 5) is 0. The highest BCUT2D eigenvalue weighted by Gasteiger charge is 2.24. The fourth-order valence-corrected chi connectivity index (χ4v) is 2.89. The zero-order valence-corrected chi connectivity index (χ0v) is 13.6. The van der Waals surface area contributed by atoms with Gasteiger partial charge >= 0.3 is 0 Å². The summed E-state index contributed by atoms with van der Waals surface area (Å²) < 4.78 is 14.8. The first-order valence-electron chi connectivity index (χ1n) is 7.09. The molecule has 4 rings (SSSR count). The molecule has 3 aromatic rings. The van der Waals surface area contributed by atoms with E-state index in [1.807, 2.05) is 12.1 Å². The standard InChI is InChI=1S/C16H10Cl2FN5/c17-12-6-3-10(7-13(12)18)15-8-14(9-1-4-11(19)5-2-9)20-16-21-22-23-24(15)16/h1-8,15H,(H,20,21,23). The largest absolute Gasteiger partial charge is 0.323 e. The van der Waals surface area contributed by atoms with Crippen LogP contribution in [0.1, 0.15) is 17.2 Å². The molecule has 0 saturated heterocycles. The molecule has 0 radical (unpaired) electrons. The summed E-state index contributed by atoms with van der Waals surface area (Å²) in [5.74, 6) is 0.203. The van der Waals surface area contributed by atoms with Crippen LogP contribution in [0.25, 0.3) is 5.70 Å². The minimum Gasteiger partial charge on any atom is -0.323 e. The summed E-state index contributed by atoms with van der Waals surface area (Å²) >= 11 is 12.1. The SMILES string of the molecule is Fc1ccc(C2=CC(c3ccc(Cl)c(Cl)c3)n3nnnc3N2)cc1. The minimum atomic E-state index is -0.291. The molecule has 1 aliphatic rings. The topological polar surface area (TPSA) is 55.6 Å². The van der Waals surface area contributed by atoms with E-state index < -0.39 is 0 Å². The van der Waals surface area contributed by atoms with Crippen molar-refractivity contribution in [3.05, 3.63) is 75.5 Å². The number of tetrazole rings is 1. The van der Waals surface area contributed by atoms with Crippen molar-refractivity contribution in [1.82, 2.24) is 20.2 Å². The smallest absolute Gasteiger partial charge is 0.248 e. The maximum absolute atomic E-state index is 13.2. The van der Waals surface area contributed by atoms with Crippen molar-refractivity contribution in [3.63, 3.8) is 0 Å². The normalized spacial score (nSPS) is 16.3. The van der Waals surface area contributed by atoms with Crippen LogP contribution in [0.5, 0.6) is 0 Å². The van der Waals surface area contributed by atoms with Gasteiger partial charge in [0, 0.05) is 5.70 Å². The average molecular weight is 362 g/mol. The molecule has 0 fully saturated rings. The van der Waals surface area contributed by atoms with Crippen LogP contribution in [0.4, 0.5) is 10.3 Å². The number of nitrogens with zero attached hydrogens (tertiary/aromatic N) is 4. The van der Waals surface area contributed by atoms with Gasteiger partial charge in [-0.2, -0.15) is 4.68 Å². The Bertz CT molecular complexity index is 936. The molecular formula is C16H10Cl2FN5. The zero-order valence-electron chi connectivity index (χ0n) is 12.1. The number of aromatic nitrogens is 4. The molecule has 0 bridgehead atoms. The lowest BCUT2D eigenvalue weighted by Gasteiger charge is -2.23. The summed E-state index contributed by atoms with van der Waals surface area (Å²) in [7, 11) is 0. The van der Waals surface area contributed by atoms with E-state index in [0.717, 1.165) is 16.8 Å². The van der Waals surface area contributed by atoms with Crippen molar-refractivity contribution in [2.45, 2.75) is 6.04 Å². The van der Waals surface area contributed by atoms with Crippen LogP contribution in [-0.2, 0) is 0 Å². The Morgan fingerprint density at radius 2 is 1.83 bits per heavy atom. The van der Waals surface area contributed by atoms with Gasteiger partial charge in [-0.15, -0.1) is 0 Å². The second-order valence-corrected chi connectivity index (χ2v) is 6.09. The zero-order chi connectivity index (χ0) is 16.7. The Balaban J connectivity index is 1.81. The first-order valence-corrected chi connectivity index (χ1v) is 7.85. The Morgan fingerprint density at radius 1 is 1.04 bits per heavy atom. The van der Waals surface area contributed by atoms with Gasteiger partial charge in [-0.25, -0.2) is 4.39 Å². The van der Waals surface area contributed by atoms with Crippen molar-refractivity contribution in [2.75, 3.05) is 5.32 Å². The Morgan fingerprint density at radius 3 is 2.58 bits per heavy atom. The van der Waals surface area contributed by atoms with Crippen molar-refractivity contribution >= 4 is 34.8 Å². The molecule has 0 saturated carbocycles. The van der Waals surface area contributed by atoms with Crippen LogP contribution in [0.2, 0.25) is 10.0 Å². The summed E-state index contributed by atoms with van der Waals surface area (Å²) in [6.45, 7) is 0. The van der Waals surface area contributed by atoms with Gasteiger partial charge in [0.25, 0.3) is 0 Å². The number of halogens is 3. The van der Waals surface area contributed by atoms with E-state index in [-0.39, 0.29) is 11.9 Å². The third kappa shape index (κ3) is 2.64. The maximum Gasteiger partial charge on any atom is 0.248 e. The van der Waals surface area contributed by atoms with Crippen LogP contribution < -0.4 is 5.32 Å². The number of benzene rings is 2. The molecule has 2 aromatic carbocycles. The van der Waals surface area contributed by atoms with E-state index in [9.17, 15) is 4.39 Å². The molecule has 0 spiro atoms. The quantitative estimate of drug-likeness (QED) is 0.743. The number of nitrogens with one attached hydrogen (secondary N) is 1. The monoisotopic (exact) mass is 361 g/mol. The van der Waals surface area contributed by atoms with Crippen molar-refractivity contribution in [1.29, 1.82) is 0 Å². The molecule has 1 aromatic heterocycles. The molecule has 1 atom stereocenters. The molecule has 8 heteroatoms. The number of rotatable bonds is 2. The lowest BCUT2D eigenvalue weighted by atomic mass is 10.0. The van der Waals surface area contributed by atoms with Crippen molar-refractivity contribution in [2.24, 2.45) is 0 Å². The number of anilines is 1. The van der Waals surface area contributed by atoms with Crippen LogP contribution in [0.15, 0.2) is 48.5 Å². The van der Waals surface area contributed by atoms with Gasteiger partial charge in [-0.3, -0.25) is 0 Å². The van der Waals surface area contributed by atoms with E-state index in [0.29, 0.717) is 16.0 Å². The van der Waals surface area contributed by atoms with E-state index in [1.54, 1.807) is 28.9 Å². The minimum absolute atomic E-state index is 0.258. The molecule has 1 aliphatic heterocycles. The number of hydrogen-bond donors (Lipinski definition) is 1. The summed E-state index contributed by atoms with van der Waals surface area (Å²) in [5, 5.41) is 15.8. The molecule has 0 aliphatic carbocycles. The van der Waals surface area contributed by atoms with Crippen LogP contribution in [-0.4, -0.2) is 20.2 Å². The third-order valence-electron chi connectivity index (χ3n) is 3.77. The van der Waals surface area contributed by atoms with Gasteiger partial charge in [0.1, 0.15) is 11.9 Å². The lowest BCUT2D eigenvalue weighted by Crippen LogP contribution is -2.20. The summed E-state index contributed by atoms with van der Waals surface area (Å²) in [5.41, 5.74) is 2.50.